The number of carbonyl (C=O) groups excluding carboxylic acids is 3. The number of aliphatic hydroxyl groups excluding tert-OH is 4. The highest BCUT2D eigenvalue weighted by Gasteiger charge is 2.50. The SMILES string of the molecule is NC(=O)c1ccc[n+]([C@@H]2O[C@H](COP(=O)(O)OP(=O)(O)OC[C@H]3O[C@@H](n4cnc5c(NCCNC(=O)CCCCCNC(=O)c6ccc(C(=O)O)c(-c7c8ccc(=O)cc-8oc8cc(O)ccc78)c6)ncnc54)[C@H](O)[C@@H]3O)[C@@H](O)[C@H]2O)c1. The van der Waals surface area contributed by atoms with E-state index in [-0.39, 0.29) is 93.7 Å². The second kappa shape index (κ2) is 24.8. The van der Waals surface area contributed by atoms with Gasteiger partial charge in [0.15, 0.2) is 47.1 Å². The molecular formula is C50H54N9O21P2+. The highest BCUT2D eigenvalue weighted by Crippen LogP contribution is 2.61. The number of phenols is 1. The number of carboxylic acid groups (broad SMARTS) is 1. The molecule has 0 spiro atoms. The number of anilines is 1. The highest BCUT2D eigenvalue weighted by molar-refractivity contribution is 7.61. The zero-order valence-corrected chi connectivity index (χ0v) is 44.5. The van der Waals surface area contributed by atoms with Crippen molar-refractivity contribution in [1.82, 2.24) is 30.2 Å². The molecule has 2 unspecified atom stereocenters. The van der Waals surface area contributed by atoms with Gasteiger partial charge in [-0.2, -0.15) is 8.88 Å². The summed E-state index contributed by atoms with van der Waals surface area (Å²) in [6.45, 7) is -1.31. The number of hydrogen-bond acceptors (Lipinski definition) is 22. The van der Waals surface area contributed by atoms with E-state index in [2.05, 4.69) is 35.2 Å². The van der Waals surface area contributed by atoms with E-state index >= 15 is 0 Å². The molecule has 2 aromatic carbocycles. The number of amides is 3. The van der Waals surface area contributed by atoms with Gasteiger partial charge in [-0.15, -0.1) is 0 Å². The van der Waals surface area contributed by atoms with Crippen molar-refractivity contribution in [2.45, 2.75) is 74.8 Å². The first-order chi connectivity index (χ1) is 39.1. The van der Waals surface area contributed by atoms with Crippen LogP contribution in [0.1, 0.15) is 69.2 Å². The molecule has 9 rings (SSSR count). The van der Waals surface area contributed by atoms with E-state index in [0.29, 0.717) is 35.8 Å². The molecular weight excluding hydrogens is 1120 g/mol. The van der Waals surface area contributed by atoms with Gasteiger partial charge in [0.1, 0.15) is 59.5 Å². The predicted octanol–water partition coefficient (Wildman–Crippen LogP) is 1.20. The molecule has 1 aliphatic carbocycles. The summed E-state index contributed by atoms with van der Waals surface area (Å²) in [6.07, 6.45) is -5.67. The maximum absolute atomic E-state index is 13.3. The zero-order valence-electron chi connectivity index (χ0n) is 42.7. The molecule has 3 amide bonds. The number of primary amides is 1. The van der Waals surface area contributed by atoms with Crippen LogP contribution < -0.4 is 31.7 Å². The number of nitrogens with two attached hydrogens (primary N) is 1. The number of aromatic nitrogens is 5. The van der Waals surface area contributed by atoms with Crippen molar-refractivity contribution in [2.75, 3.05) is 38.2 Å². The normalized spacial score (nSPS) is 22.2. The Hall–Kier alpha value is -7.67. The third kappa shape index (κ3) is 13.3. The number of hydrogen-bond donors (Lipinski definition) is 12. The van der Waals surface area contributed by atoms with Gasteiger partial charge in [-0.25, -0.2) is 28.9 Å². The molecule has 10 atom stereocenters. The van der Waals surface area contributed by atoms with Gasteiger partial charge in [-0.1, -0.05) is 6.42 Å². The molecule has 6 heterocycles. The van der Waals surface area contributed by atoms with Gasteiger partial charge in [0.25, 0.3) is 18.0 Å². The van der Waals surface area contributed by atoms with Crippen molar-refractivity contribution in [3.63, 3.8) is 0 Å². The molecule has 3 aromatic heterocycles. The summed E-state index contributed by atoms with van der Waals surface area (Å²) in [5.41, 5.74) is 6.59. The number of imidazole rings is 1. The Bertz CT molecular complexity index is 3680. The molecule has 30 nitrogen and oxygen atoms in total. The second-order valence-corrected chi connectivity index (χ2v) is 21.9. The van der Waals surface area contributed by atoms with Crippen LogP contribution >= 0.6 is 15.6 Å². The summed E-state index contributed by atoms with van der Waals surface area (Å²) in [7, 11) is -11.0. The first-order valence-electron chi connectivity index (χ1n) is 25.1. The van der Waals surface area contributed by atoms with E-state index in [1.165, 1.54) is 94.8 Å². The number of aromatic hydroxyl groups is 1. The van der Waals surface area contributed by atoms with E-state index in [1.54, 1.807) is 6.07 Å². The summed E-state index contributed by atoms with van der Waals surface area (Å²) in [5.74, 6) is -2.47. The zero-order chi connectivity index (χ0) is 58.6. The Kier molecular flexibility index (Phi) is 17.8. The summed E-state index contributed by atoms with van der Waals surface area (Å²) in [4.78, 5) is 95.5. The van der Waals surface area contributed by atoms with Crippen LogP contribution in [0.4, 0.5) is 5.82 Å². The van der Waals surface area contributed by atoms with Gasteiger partial charge in [-0.3, -0.25) is 32.8 Å². The lowest BCUT2D eigenvalue weighted by Gasteiger charge is -2.20. The summed E-state index contributed by atoms with van der Waals surface area (Å²) < 4.78 is 59.1. The number of phenolic OH excluding ortho intramolecular Hbond substituents is 1. The number of carbonyl (C=O) groups is 4. The number of fused-ring (bicyclic) bond motifs is 3. The fraction of sp³-hybridized carbons (Fsp3) is 0.340. The number of carboxylic acids is 1. The molecule has 82 heavy (non-hydrogen) atoms. The molecule has 2 saturated heterocycles. The summed E-state index contributed by atoms with van der Waals surface area (Å²) in [5, 5.41) is 72.2. The average Bonchev–Trinajstić information content (AvgIpc) is 4.09. The van der Waals surface area contributed by atoms with Gasteiger partial charge in [0, 0.05) is 66.3 Å². The largest absolute Gasteiger partial charge is 0.508 e. The Labute approximate surface area is 462 Å². The molecule has 0 radical (unpaired) electrons. The van der Waals surface area contributed by atoms with Crippen molar-refractivity contribution in [1.29, 1.82) is 0 Å². The van der Waals surface area contributed by atoms with Crippen LogP contribution in [0.5, 0.6) is 5.75 Å². The predicted molar refractivity (Wildman–Crippen MR) is 280 cm³/mol. The molecule has 0 bridgehead atoms. The molecule has 13 N–H and O–H groups in total. The van der Waals surface area contributed by atoms with Crippen molar-refractivity contribution < 1.29 is 101 Å². The Morgan fingerprint density at radius 3 is 2.27 bits per heavy atom. The van der Waals surface area contributed by atoms with Crippen molar-refractivity contribution in [2.24, 2.45) is 5.73 Å². The number of nitrogens with one attached hydrogen (secondary N) is 3. The van der Waals surface area contributed by atoms with Crippen LogP contribution in [0.3, 0.4) is 0 Å². The third-order valence-electron chi connectivity index (χ3n) is 13.3. The van der Waals surface area contributed by atoms with Gasteiger partial charge in [0.05, 0.1) is 25.1 Å². The quantitative estimate of drug-likeness (QED) is 0.0175. The number of nitrogens with zero attached hydrogens (tertiary/aromatic N) is 5. The van der Waals surface area contributed by atoms with E-state index in [0.717, 1.165) is 0 Å². The smallest absolute Gasteiger partial charge is 0.481 e. The maximum Gasteiger partial charge on any atom is 0.481 e. The van der Waals surface area contributed by atoms with E-state index in [4.69, 9.17) is 28.7 Å². The molecule has 32 heteroatoms. The number of unbranched alkanes of at least 4 members (excludes halogenated alkanes) is 2. The fourth-order valence-electron chi connectivity index (χ4n) is 9.28. The first-order valence-corrected chi connectivity index (χ1v) is 28.1. The Morgan fingerprint density at radius 2 is 1.52 bits per heavy atom. The number of pyridine rings is 1. The minimum absolute atomic E-state index is 0.0436. The molecule has 4 aliphatic rings. The van der Waals surface area contributed by atoms with Gasteiger partial charge < -0.3 is 76.0 Å². The highest BCUT2D eigenvalue weighted by atomic mass is 31.3. The number of phosphoric acid groups is 2. The minimum atomic E-state index is -5.49. The van der Waals surface area contributed by atoms with Crippen LogP contribution in [0, 0.1) is 0 Å². The summed E-state index contributed by atoms with van der Waals surface area (Å²) >= 11 is 0. The standard InChI is InChI=1S/C50H53N9O21P2/c51-44(67)26-5-4-16-58(20-26)48-42(65)40(63)35(78-48)21-75-81(71,72)80-82(73,74)76-22-36-41(64)43(66)49(79-36)59-24-57-39-45(55-23-56-46(39)59)53-15-14-52-37(62)6-2-1-3-13-54-47(68)25-7-10-29(50(69)70)32(17-25)38-30-11-8-27(60)18-33(30)77-34-19-28(61)9-12-31(34)38/h4-5,7-12,16-20,23-24,35-36,40-43,48-49,63-66H,1-3,6,13-15,21-22H2,(H8-,51,52,53,54,55,56,60,61,62,67,68,69,70,71,72,73,74)/p+1/t35-,36-,40-,41-,42-,43-,48-,49-/m1/s1. The minimum Gasteiger partial charge on any atom is -0.508 e. The monoisotopic (exact) mass is 1180 g/mol. The Morgan fingerprint density at radius 1 is 0.780 bits per heavy atom. The number of rotatable bonds is 24. The van der Waals surface area contributed by atoms with E-state index in [9.17, 15) is 73.5 Å². The van der Waals surface area contributed by atoms with Gasteiger partial charge >= 0.3 is 21.6 Å². The average molecular weight is 1180 g/mol. The molecule has 434 valence electrons. The van der Waals surface area contributed by atoms with Crippen LogP contribution in [-0.4, -0.2) is 153 Å². The number of aliphatic hydroxyl groups is 4. The van der Waals surface area contributed by atoms with Crippen molar-refractivity contribution in [3.05, 3.63) is 119 Å². The maximum atomic E-state index is 13.3. The van der Waals surface area contributed by atoms with Crippen LogP contribution in [-0.2, 0) is 36.8 Å². The first kappa shape index (κ1) is 59.0. The molecule has 5 aromatic rings. The second-order valence-electron chi connectivity index (χ2n) is 18.9. The lowest BCUT2D eigenvalue weighted by Crippen LogP contribution is -2.46. The van der Waals surface area contributed by atoms with Crippen LogP contribution in [0.2, 0.25) is 0 Å². The molecule has 2 fully saturated rings. The lowest BCUT2D eigenvalue weighted by molar-refractivity contribution is -0.765. The Balaban J connectivity index is 0.700. The van der Waals surface area contributed by atoms with E-state index in [1.807, 2.05) is 0 Å². The topological polar surface area (TPSA) is 450 Å². The number of benzene rings is 3. The van der Waals surface area contributed by atoms with Gasteiger partial charge in [-0.05, 0) is 66.9 Å². The molecule has 0 saturated carbocycles. The number of ether oxygens (including phenoxy) is 2. The van der Waals surface area contributed by atoms with Gasteiger partial charge in [0.2, 0.25) is 5.91 Å². The lowest BCUT2D eigenvalue weighted by atomic mass is 9.89. The van der Waals surface area contributed by atoms with Crippen molar-refractivity contribution in [3.8, 4) is 28.2 Å². The van der Waals surface area contributed by atoms with Crippen LogP contribution in [0.25, 0.3) is 44.6 Å². The summed E-state index contributed by atoms with van der Waals surface area (Å²) in [6, 6.07) is 15.4. The van der Waals surface area contributed by atoms with E-state index < -0.39 is 95.7 Å². The van der Waals surface area contributed by atoms with Crippen LogP contribution in [0.15, 0.2) is 101 Å². The number of aromatic carboxylic acids is 1. The number of phosphoric ester groups is 2. The molecule has 3 aliphatic heterocycles. The third-order valence-corrected chi connectivity index (χ3v) is 15.9. The van der Waals surface area contributed by atoms with Crippen molar-refractivity contribution >= 4 is 67.3 Å². The fourth-order valence-corrected chi connectivity index (χ4v) is 11.4.